The Bertz CT molecular complexity index is 850. The van der Waals surface area contributed by atoms with Gasteiger partial charge in [0, 0.05) is 12.6 Å². The second-order valence-electron chi connectivity index (χ2n) is 10.1. The largest absolute Gasteiger partial charge is 0.508 e. The molecule has 0 heterocycles. The van der Waals surface area contributed by atoms with Crippen LogP contribution < -0.4 is 10.6 Å². The van der Waals surface area contributed by atoms with Crippen LogP contribution in [-0.4, -0.2) is 63.9 Å². The molecule has 0 radical (unpaired) electrons. The molecule has 0 aliphatic rings. The van der Waals surface area contributed by atoms with Gasteiger partial charge in [0.25, 0.3) is 0 Å². The van der Waals surface area contributed by atoms with Crippen LogP contribution in [0.25, 0.3) is 0 Å². The van der Waals surface area contributed by atoms with Crippen LogP contribution in [0.3, 0.4) is 0 Å². The Morgan fingerprint density at radius 1 is 1.09 bits per heavy atom. The first-order valence-corrected chi connectivity index (χ1v) is 12.3. The van der Waals surface area contributed by atoms with E-state index < -0.39 is 36.3 Å². The van der Waals surface area contributed by atoms with Crippen LogP contribution in [0.15, 0.2) is 18.2 Å². The second kappa shape index (κ2) is 13.9. The van der Waals surface area contributed by atoms with E-state index in [4.69, 9.17) is 4.74 Å². The van der Waals surface area contributed by atoms with Crippen molar-refractivity contribution < 1.29 is 29.3 Å². The first kappa shape index (κ1) is 30.2. The smallest absolute Gasteiger partial charge is 0.408 e. The summed E-state index contributed by atoms with van der Waals surface area (Å²) in [7, 11) is 0. The fraction of sp³-hybridized carbons (Fsp3) is 0.654. The van der Waals surface area contributed by atoms with Gasteiger partial charge in [0.2, 0.25) is 11.8 Å². The van der Waals surface area contributed by atoms with Gasteiger partial charge in [0.15, 0.2) is 0 Å². The molecular formula is C26H43N3O6. The monoisotopic (exact) mass is 493 g/mol. The minimum absolute atomic E-state index is 0.0809. The first-order chi connectivity index (χ1) is 16.3. The van der Waals surface area contributed by atoms with Gasteiger partial charge in [0.1, 0.15) is 23.4 Å². The van der Waals surface area contributed by atoms with E-state index in [0.29, 0.717) is 17.5 Å². The second-order valence-corrected chi connectivity index (χ2v) is 10.1. The minimum Gasteiger partial charge on any atom is -0.508 e. The molecule has 1 aromatic carbocycles. The number of aromatic hydroxyl groups is 1. The standard InChI is InChI=1S/C26H43N3O6/c1-8-9-10-11-14-29(24(33)20(16-30)28-25(34)35-26(5,6)7)22(23(32)27-17(2)3)19-12-13-21(31)18(4)15-19/h12-13,15,17,20,22,30-31H,8-11,14,16H2,1-7H3,(H,27,32)(H,28,34). The number of alkyl carbamates (subject to hydrolysis) is 1. The Hall–Kier alpha value is -2.81. The number of hydrogen-bond acceptors (Lipinski definition) is 6. The molecule has 35 heavy (non-hydrogen) atoms. The Balaban J connectivity index is 3.41. The molecule has 1 rings (SSSR count). The Morgan fingerprint density at radius 3 is 2.26 bits per heavy atom. The van der Waals surface area contributed by atoms with Gasteiger partial charge in [-0.1, -0.05) is 32.3 Å². The number of aliphatic hydroxyl groups is 1. The molecule has 9 nitrogen and oxygen atoms in total. The van der Waals surface area contributed by atoms with Crippen molar-refractivity contribution in [3.8, 4) is 5.75 Å². The highest BCUT2D eigenvalue weighted by molar-refractivity contribution is 5.92. The van der Waals surface area contributed by atoms with Gasteiger partial charge in [-0.3, -0.25) is 9.59 Å². The molecule has 0 aliphatic carbocycles. The predicted molar refractivity (Wildman–Crippen MR) is 135 cm³/mol. The lowest BCUT2D eigenvalue weighted by Crippen LogP contribution is -2.55. The van der Waals surface area contributed by atoms with E-state index in [1.807, 2.05) is 13.8 Å². The van der Waals surface area contributed by atoms with E-state index in [-0.39, 0.29) is 24.2 Å². The topological polar surface area (TPSA) is 128 Å². The van der Waals surface area contributed by atoms with Gasteiger partial charge in [-0.15, -0.1) is 0 Å². The number of amides is 3. The molecule has 2 atom stereocenters. The zero-order chi connectivity index (χ0) is 26.8. The summed E-state index contributed by atoms with van der Waals surface area (Å²) in [5, 5.41) is 25.3. The molecule has 4 N–H and O–H groups in total. The third-order valence-corrected chi connectivity index (χ3v) is 5.23. The summed E-state index contributed by atoms with van der Waals surface area (Å²) in [4.78, 5) is 40.8. The van der Waals surface area contributed by atoms with Crippen molar-refractivity contribution >= 4 is 17.9 Å². The van der Waals surface area contributed by atoms with Crippen LogP contribution >= 0.6 is 0 Å². The molecule has 0 saturated heterocycles. The third kappa shape index (κ3) is 10.1. The summed E-state index contributed by atoms with van der Waals surface area (Å²) in [5.41, 5.74) is 0.307. The van der Waals surface area contributed by atoms with Crippen LogP contribution in [0.1, 0.15) is 84.4 Å². The molecule has 198 valence electrons. The number of carbonyl (C=O) groups is 3. The third-order valence-electron chi connectivity index (χ3n) is 5.23. The quantitative estimate of drug-likeness (QED) is 0.330. The number of unbranched alkanes of at least 4 members (excludes halogenated alkanes) is 3. The van der Waals surface area contributed by atoms with Crippen molar-refractivity contribution in [2.45, 2.75) is 97.9 Å². The number of aryl methyl sites for hydroxylation is 1. The highest BCUT2D eigenvalue weighted by Gasteiger charge is 2.36. The molecule has 0 aliphatic heterocycles. The molecule has 1 aromatic rings. The van der Waals surface area contributed by atoms with E-state index in [2.05, 4.69) is 17.6 Å². The Labute approximate surface area is 209 Å². The Morgan fingerprint density at radius 2 is 1.74 bits per heavy atom. The molecule has 3 amide bonds. The van der Waals surface area contributed by atoms with Gasteiger partial charge in [-0.2, -0.15) is 0 Å². The summed E-state index contributed by atoms with van der Waals surface area (Å²) in [6.45, 7) is 12.1. The van der Waals surface area contributed by atoms with E-state index in [0.717, 1.165) is 19.3 Å². The van der Waals surface area contributed by atoms with Crippen LogP contribution in [0, 0.1) is 6.92 Å². The van der Waals surface area contributed by atoms with Gasteiger partial charge in [-0.05, 0) is 71.2 Å². The van der Waals surface area contributed by atoms with Gasteiger partial charge < -0.3 is 30.5 Å². The predicted octanol–water partition coefficient (Wildman–Crippen LogP) is 3.56. The summed E-state index contributed by atoms with van der Waals surface area (Å²) < 4.78 is 5.25. The van der Waals surface area contributed by atoms with Crippen molar-refractivity contribution in [3.63, 3.8) is 0 Å². The van der Waals surface area contributed by atoms with Gasteiger partial charge >= 0.3 is 6.09 Å². The normalized spacial score (nSPS) is 13.2. The number of aliphatic hydroxyl groups excluding tert-OH is 1. The van der Waals surface area contributed by atoms with Crippen molar-refractivity contribution in [3.05, 3.63) is 29.3 Å². The number of benzene rings is 1. The maximum Gasteiger partial charge on any atom is 0.408 e. The maximum absolute atomic E-state index is 13.7. The number of nitrogens with one attached hydrogen (secondary N) is 2. The number of rotatable bonds is 12. The zero-order valence-electron chi connectivity index (χ0n) is 22.2. The zero-order valence-corrected chi connectivity index (χ0v) is 22.2. The highest BCUT2D eigenvalue weighted by Crippen LogP contribution is 2.27. The average Bonchev–Trinajstić information content (AvgIpc) is 2.74. The molecule has 2 unspecified atom stereocenters. The molecular weight excluding hydrogens is 450 g/mol. The lowest BCUT2D eigenvalue weighted by molar-refractivity contribution is -0.143. The SMILES string of the molecule is CCCCCCN(C(=O)C(CO)NC(=O)OC(C)(C)C)C(C(=O)NC(C)C)c1ccc(O)c(C)c1. The average molecular weight is 494 g/mol. The number of nitrogens with zero attached hydrogens (tertiary/aromatic N) is 1. The molecule has 0 aromatic heterocycles. The molecule has 0 saturated carbocycles. The lowest BCUT2D eigenvalue weighted by Gasteiger charge is -2.34. The fourth-order valence-electron chi connectivity index (χ4n) is 3.60. The van der Waals surface area contributed by atoms with Crippen molar-refractivity contribution in [1.29, 1.82) is 0 Å². The number of carbonyl (C=O) groups excluding carboxylic acids is 3. The van der Waals surface area contributed by atoms with Crippen molar-refractivity contribution in [2.24, 2.45) is 0 Å². The number of phenols is 1. The number of ether oxygens (including phenoxy) is 1. The van der Waals surface area contributed by atoms with Gasteiger partial charge in [0.05, 0.1) is 6.61 Å². The Kier molecular flexibility index (Phi) is 12.0. The maximum atomic E-state index is 13.7. The molecule has 0 fully saturated rings. The van der Waals surface area contributed by atoms with Crippen LogP contribution in [0.5, 0.6) is 5.75 Å². The molecule has 0 bridgehead atoms. The molecule has 0 spiro atoms. The van der Waals surface area contributed by atoms with E-state index >= 15 is 0 Å². The minimum atomic E-state index is -1.29. The van der Waals surface area contributed by atoms with E-state index in [1.165, 1.54) is 11.0 Å². The van der Waals surface area contributed by atoms with Crippen molar-refractivity contribution in [2.75, 3.05) is 13.2 Å². The number of phenolic OH excluding ortho intramolecular Hbond substituents is 1. The highest BCUT2D eigenvalue weighted by atomic mass is 16.6. The van der Waals surface area contributed by atoms with Crippen molar-refractivity contribution in [1.82, 2.24) is 15.5 Å². The summed E-state index contributed by atoms with van der Waals surface area (Å²) >= 11 is 0. The number of hydrogen-bond donors (Lipinski definition) is 4. The van der Waals surface area contributed by atoms with Crippen LogP contribution in [0.4, 0.5) is 4.79 Å². The van der Waals surface area contributed by atoms with E-state index in [9.17, 15) is 24.6 Å². The van der Waals surface area contributed by atoms with E-state index in [1.54, 1.807) is 39.8 Å². The summed E-state index contributed by atoms with van der Waals surface area (Å²) in [6, 6.07) is 2.29. The summed E-state index contributed by atoms with van der Waals surface area (Å²) in [5.74, 6) is -0.898. The van der Waals surface area contributed by atoms with Crippen LogP contribution in [0.2, 0.25) is 0 Å². The van der Waals surface area contributed by atoms with Crippen LogP contribution in [-0.2, 0) is 14.3 Å². The first-order valence-electron chi connectivity index (χ1n) is 12.3. The lowest BCUT2D eigenvalue weighted by atomic mass is 9.99. The summed E-state index contributed by atoms with van der Waals surface area (Å²) in [6.07, 6.45) is 2.65. The fourth-order valence-corrected chi connectivity index (χ4v) is 3.60. The molecule has 9 heteroatoms. The van der Waals surface area contributed by atoms with Gasteiger partial charge in [-0.25, -0.2) is 4.79 Å².